The van der Waals surface area contributed by atoms with E-state index in [0.29, 0.717) is 0 Å². The molecule has 5 heteroatoms. The van der Waals surface area contributed by atoms with Gasteiger partial charge in [0.15, 0.2) is 0 Å². The molecule has 1 aliphatic heterocycles. The maximum atomic E-state index is 11.3. The summed E-state index contributed by atoms with van der Waals surface area (Å²) in [5.41, 5.74) is 0. The summed E-state index contributed by atoms with van der Waals surface area (Å²) in [5.74, 6) is -0.828. The summed E-state index contributed by atoms with van der Waals surface area (Å²) in [6, 6.07) is -0.0867. The van der Waals surface area contributed by atoms with Crippen LogP contribution in [-0.4, -0.2) is 67.2 Å². The van der Waals surface area contributed by atoms with Crippen LogP contribution in [0.3, 0.4) is 0 Å². The van der Waals surface area contributed by atoms with E-state index < -0.39 is 18.1 Å². The van der Waals surface area contributed by atoms with Crippen LogP contribution in [0, 0.1) is 17.8 Å². The van der Waals surface area contributed by atoms with Crippen LogP contribution in [0.25, 0.3) is 0 Å². The molecular weight excluding hydrogens is 234 g/mol. The molecule has 1 heterocycles. The van der Waals surface area contributed by atoms with Gasteiger partial charge in [0.2, 0.25) is 0 Å². The summed E-state index contributed by atoms with van der Waals surface area (Å²) >= 11 is 0. The molecule has 5 unspecified atom stereocenters. The zero-order valence-corrected chi connectivity index (χ0v) is 9.43. The molecule has 4 nitrogen and oxygen atoms in total. The molecule has 0 aromatic heterocycles. The van der Waals surface area contributed by atoms with Gasteiger partial charge in [-0.3, -0.25) is 10.1 Å². The fourth-order valence-corrected chi connectivity index (χ4v) is 2.31. The Morgan fingerprint density at radius 2 is 2.12 bits per heavy atom. The van der Waals surface area contributed by atoms with Crippen LogP contribution in [0.15, 0.2) is 0 Å². The molecule has 0 saturated carbocycles. The molecule has 0 aromatic carbocycles. The van der Waals surface area contributed by atoms with Crippen LogP contribution in [0.2, 0.25) is 0 Å². The van der Waals surface area contributed by atoms with Crippen LogP contribution >= 0.6 is 0 Å². The SMILES string of the molecule is CCC(C)C1NC(O)C(C(C)=O)C1C=O.[CaH2]. The third-order valence-electron chi connectivity index (χ3n) is 3.42. The second-order valence-electron chi connectivity index (χ2n) is 4.37. The van der Waals surface area contributed by atoms with Crippen LogP contribution in [0.1, 0.15) is 27.2 Å². The molecule has 0 spiro atoms. The molecule has 5 atom stereocenters. The number of ketones is 1. The number of hydrogen-bond donors (Lipinski definition) is 2. The number of aldehydes is 1. The van der Waals surface area contributed by atoms with Crippen molar-refractivity contribution in [1.82, 2.24) is 5.32 Å². The zero-order valence-electron chi connectivity index (χ0n) is 9.43. The molecule has 0 aliphatic carbocycles. The molecule has 90 valence electrons. The van der Waals surface area contributed by atoms with Crippen molar-refractivity contribution in [3.8, 4) is 0 Å². The van der Waals surface area contributed by atoms with Crippen LogP contribution in [0.4, 0.5) is 0 Å². The topological polar surface area (TPSA) is 66.4 Å². The molecule has 16 heavy (non-hydrogen) atoms. The molecule has 0 amide bonds. The van der Waals surface area contributed by atoms with E-state index in [9.17, 15) is 14.7 Å². The fourth-order valence-electron chi connectivity index (χ4n) is 2.31. The van der Waals surface area contributed by atoms with Crippen molar-refractivity contribution < 1.29 is 14.7 Å². The molecule has 0 radical (unpaired) electrons. The molecule has 1 saturated heterocycles. The summed E-state index contributed by atoms with van der Waals surface area (Å²) in [4.78, 5) is 22.3. The number of rotatable bonds is 4. The maximum absolute atomic E-state index is 11.3. The summed E-state index contributed by atoms with van der Waals surface area (Å²) in [6.07, 6.45) is 0.836. The quantitative estimate of drug-likeness (QED) is 0.521. The van der Waals surface area contributed by atoms with E-state index in [4.69, 9.17) is 0 Å². The van der Waals surface area contributed by atoms with Gasteiger partial charge in [0.1, 0.15) is 18.3 Å². The van der Waals surface area contributed by atoms with E-state index in [1.54, 1.807) is 0 Å². The number of aliphatic hydroxyl groups is 1. The van der Waals surface area contributed by atoms with Crippen molar-refractivity contribution >= 4 is 49.8 Å². The number of Topliss-reactive ketones (excluding diaryl/α,β-unsaturated/α-hetero) is 1. The Hall–Kier alpha value is 0.520. The van der Waals surface area contributed by atoms with Crippen LogP contribution in [0.5, 0.6) is 0 Å². The minimum atomic E-state index is -0.878. The number of hydrogen-bond acceptors (Lipinski definition) is 4. The van der Waals surface area contributed by atoms with Crippen LogP contribution in [-0.2, 0) is 9.59 Å². The molecule has 0 aromatic rings. The fraction of sp³-hybridized carbons (Fsp3) is 0.818. The van der Waals surface area contributed by atoms with E-state index in [1.807, 2.05) is 13.8 Å². The Morgan fingerprint density at radius 3 is 2.50 bits per heavy atom. The molecule has 2 N–H and O–H groups in total. The van der Waals surface area contributed by atoms with E-state index in [0.717, 1.165) is 12.7 Å². The molecule has 1 rings (SSSR count). The van der Waals surface area contributed by atoms with Gasteiger partial charge in [-0.25, -0.2) is 0 Å². The first-order valence-electron chi connectivity index (χ1n) is 5.42. The summed E-state index contributed by atoms with van der Waals surface area (Å²) < 4.78 is 0. The van der Waals surface area contributed by atoms with Crippen molar-refractivity contribution in [2.75, 3.05) is 0 Å². The number of carbonyl (C=O) groups excluding carboxylic acids is 2. The summed E-state index contributed by atoms with van der Waals surface area (Å²) in [6.45, 7) is 5.47. The minimum absolute atomic E-state index is 0. The standard InChI is InChI=1S/C11H19NO3.Ca.2H/c1-4-6(2)10-8(5-13)9(7(3)14)11(15)12-10;;;/h5-6,8-12,15H,4H2,1-3H3;;;. The monoisotopic (exact) mass is 255 g/mol. The number of carbonyl (C=O) groups is 2. The average molecular weight is 255 g/mol. The van der Waals surface area contributed by atoms with Crippen molar-refractivity contribution in [3.63, 3.8) is 0 Å². The predicted octanol–water partition coefficient (Wildman–Crippen LogP) is -0.573. The number of aliphatic hydroxyl groups excluding tert-OH is 1. The van der Waals surface area contributed by atoms with Gasteiger partial charge in [0.05, 0.1) is 5.92 Å². The third-order valence-corrected chi connectivity index (χ3v) is 3.42. The van der Waals surface area contributed by atoms with Crippen molar-refractivity contribution in [2.24, 2.45) is 17.8 Å². The first-order valence-corrected chi connectivity index (χ1v) is 5.42. The molecule has 1 aliphatic rings. The van der Waals surface area contributed by atoms with Gasteiger partial charge >= 0.3 is 37.7 Å². The van der Waals surface area contributed by atoms with Gasteiger partial charge in [-0.1, -0.05) is 20.3 Å². The predicted molar refractivity (Wildman–Crippen MR) is 64.7 cm³/mol. The molecular formula is C11H21CaNO3. The Morgan fingerprint density at radius 1 is 1.56 bits per heavy atom. The second kappa shape index (κ2) is 7.07. The molecule has 0 bridgehead atoms. The van der Waals surface area contributed by atoms with E-state index in [2.05, 4.69) is 5.32 Å². The Labute approximate surface area is 126 Å². The van der Waals surface area contributed by atoms with E-state index in [-0.39, 0.29) is 55.5 Å². The van der Waals surface area contributed by atoms with Gasteiger partial charge < -0.3 is 9.90 Å². The van der Waals surface area contributed by atoms with Gasteiger partial charge in [-0.15, -0.1) is 0 Å². The van der Waals surface area contributed by atoms with Gasteiger partial charge in [-0.2, -0.15) is 0 Å². The first-order chi connectivity index (χ1) is 7.02. The van der Waals surface area contributed by atoms with Gasteiger partial charge in [0.25, 0.3) is 0 Å². The van der Waals surface area contributed by atoms with Gasteiger partial charge in [0, 0.05) is 12.0 Å². The van der Waals surface area contributed by atoms with Gasteiger partial charge in [-0.05, 0) is 12.8 Å². The summed E-state index contributed by atoms with van der Waals surface area (Å²) in [5, 5.41) is 12.6. The zero-order chi connectivity index (χ0) is 11.6. The Bertz CT molecular complexity index is 260. The average Bonchev–Trinajstić information content (AvgIpc) is 2.53. The number of nitrogens with one attached hydrogen (secondary N) is 1. The normalized spacial score (nSPS) is 35.2. The van der Waals surface area contributed by atoms with E-state index >= 15 is 0 Å². The van der Waals surface area contributed by atoms with E-state index in [1.165, 1.54) is 6.92 Å². The Balaban J connectivity index is 0.00000225. The molecule has 1 fully saturated rings. The van der Waals surface area contributed by atoms with Crippen LogP contribution < -0.4 is 5.32 Å². The third kappa shape index (κ3) is 3.26. The van der Waals surface area contributed by atoms with Crippen molar-refractivity contribution in [2.45, 2.75) is 39.5 Å². The first kappa shape index (κ1) is 16.5. The second-order valence-corrected chi connectivity index (χ2v) is 4.37. The summed E-state index contributed by atoms with van der Waals surface area (Å²) in [7, 11) is 0. The van der Waals surface area contributed by atoms with Crippen molar-refractivity contribution in [1.29, 1.82) is 0 Å². The van der Waals surface area contributed by atoms with Crippen molar-refractivity contribution in [3.05, 3.63) is 0 Å². The Kier molecular flexibility index (Phi) is 7.29.